The number of anilines is 1. The Morgan fingerprint density at radius 1 is 1.22 bits per heavy atom. The monoisotopic (exact) mass is 386 g/mol. The van der Waals surface area contributed by atoms with Gasteiger partial charge in [0.2, 0.25) is 11.8 Å². The van der Waals surface area contributed by atoms with E-state index in [1.165, 1.54) is 0 Å². The minimum Gasteiger partial charge on any atom is -0.492 e. The predicted octanol–water partition coefficient (Wildman–Crippen LogP) is 3.75. The fourth-order valence-corrected chi connectivity index (χ4v) is 3.44. The number of benzene rings is 2. The van der Waals surface area contributed by atoms with Gasteiger partial charge < -0.3 is 14.5 Å². The Kier molecular flexibility index (Phi) is 6.01. The molecule has 0 aromatic heterocycles. The maximum Gasteiger partial charge on any atom is 0.228 e. The molecular weight excluding hydrogens is 364 g/mol. The third kappa shape index (κ3) is 4.42. The van der Waals surface area contributed by atoms with Gasteiger partial charge in [0.25, 0.3) is 0 Å². The van der Waals surface area contributed by atoms with Gasteiger partial charge >= 0.3 is 0 Å². The molecule has 2 aromatic rings. The Morgan fingerprint density at radius 2 is 1.93 bits per heavy atom. The van der Waals surface area contributed by atoms with E-state index in [2.05, 4.69) is 0 Å². The molecule has 0 N–H and O–H groups in total. The molecule has 0 spiro atoms. The van der Waals surface area contributed by atoms with Crippen LogP contribution in [0.25, 0.3) is 0 Å². The number of para-hydroxylation sites is 2. The fraction of sp³-hybridized carbons (Fsp3) is 0.333. The van der Waals surface area contributed by atoms with E-state index < -0.39 is 0 Å². The molecule has 5 nitrogen and oxygen atoms in total. The zero-order valence-electron chi connectivity index (χ0n) is 15.5. The largest absolute Gasteiger partial charge is 0.492 e. The van der Waals surface area contributed by atoms with Crippen LogP contribution in [0.2, 0.25) is 5.02 Å². The maximum absolute atomic E-state index is 12.8. The van der Waals surface area contributed by atoms with E-state index in [0.717, 1.165) is 11.3 Å². The zero-order chi connectivity index (χ0) is 19.4. The number of ether oxygens (including phenoxy) is 1. The third-order valence-corrected chi connectivity index (χ3v) is 4.89. The SMILES string of the molecule is CCOc1ccccc1N1CC(C(=O)N(C)Cc2ccc(Cl)cc2)CC1=O. The maximum atomic E-state index is 12.8. The summed E-state index contributed by atoms with van der Waals surface area (Å²) < 4.78 is 5.63. The molecule has 27 heavy (non-hydrogen) atoms. The Balaban J connectivity index is 1.69. The number of halogens is 1. The van der Waals surface area contributed by atoms with Gasteiger partial charge in [0.05, 0.1) is 18.2 Å². The first-order chi connectivity index (χ1) is 13.0. The van der Waals surface area contributed by atoms with Gasteiger partial charge in [-0.2, -0.15) is 0 Å². The van der Waals surface area contributed by atoms with Crippen LogP contribution in [0.1, 0.15) is 18.9 Å². The lowest BCUT2D eigenvalue weighted by Crippen LogP contribution is -2.34. The lowest BCUT2D eigenvalue weighted by molar-refractivity contribution is -0.135. The lowest BCUT2D eigenvalue weighted by atomic mass is 10.1. The minimum absolute atomic E-state index is 0.0327. The van der Waals surface area contributed by atoms with Crippen molar-refractivity contribution in [2.24, 2.45) is 5.92 Å². The standard InChI is InChI=1S/C21H23ClN2O3/c1-3-27-19-7-5-4-6-18(19)24-14-16(12-20(24)25)21(26)23(2)13-15-8-10-17(22)11-9-15/h4-11,16H,3,12-14H2,1-2H3. The van der Waals surface area contributed by atoms with Crippen molar-refractivity contribution in [3.63, 3.8) is 0 Å². The number of hydrogen-bond donors (Lipinski definition) is 0. The summed E-state index contributed by atoms with van der Waals surface area (Å²) in [6.07, 6.45) is 0.213. The van der Waals surface area contributed by atoms with Crippen molar-refractivity contribution in [2.75, 3.05) is 25.1 Å². The van der Waals surface area contributed by atoms with Crippen molar-refractivity contribution < 1.29 is 14.3 Å². The van der Waals surface area contributed by atoms with Crippen molar-refractivity contribution in [3.8, 4) is 5.75 Å². The summed E-state index contributed by atoms with van der Waals surface area (Å²) in [7, 11) is 1.76. The topological polar surface area (TPSA) is 49.9 Å². The van der Waals surface area contributed by atoms with Gasteiger partial charge in [0.1, 0.15) is 5.75 Å². The highest BCUT2D eigenvalue weighted by Crippen LogP contribution is 2.33. The van der Waals surface area contributed by atoms with Crippen molar-refractivity contribution >= 4 is 29.1 Å². The van der Waals surface area contributed by atoms with Crippen LogP contribution in [-0.2, 0) is 16.1 Å². The van der Waals surface area contributed by atoms with Crippen LogP contribution >= 0.6 is 11.6 Å². The highest BCUT2D eigenvalue weighted by molar-refractivity contribution is 6.30. The summed E-state index contributed by atoms with van der Waals surface area (Å²) in [5.41, 5.74) is 1.72. The van der Waals surface area contributed by atoms with E-state index in [1.54, 1.807) is 29.0 Å². The Morgan fingerprint density at radius 3 is 2.63 bits per heavy atom. The van der Waals surface area contributed by atoms with Crippen molar-refractivity contribution in [1.29, 1.82) is 0 Å². The molecule has 2 aromatic carbocycles. The molecule has 0 bridgehead atoms. The van der Waals surface area contributed by atoms with Crippen molar-refractivity contribution in [2.45, 2.75) is 19.9 Å². The first kappa shape index (κ1) is 19.2. The summed E-state index contributed by atoms with van der Waals surface area (Å²) in [5.74, 6) is 0.218. The second-order valence-corrected chi connectivity index (χ2v) is 7.06. The molecule has 0 saturated carbocycles. The molecule has 1 atom stereocenters. The summed E-state index contributed by atoms with van der Waals surface area (Å²) in [6, 6.07) is 14.8. The van der Waals surface area contributed by atoms with E-state index in [0.29, 0.717) is 30.5 Å². The van der Waals surface area contributed by atoms with Crippen molar-refractivity contribution in [1.82, 2.24) is 4.90 Å². The Bertz CT molecular complexity index is 822. The average Bonchev–Trinajstić information content (AvgIpc) is 3.05. The molecule has 1 saturated heterocycles. The molecule has 142 valence electrons. The first-order valence-corrected chi connectivity index (χ1v) is 9.39. The second kappa shape index (κ2) is 8.44. The molecule has 0 radical (unpaired) electrons. The number of carbonyl (C=O) groups is 2. The lowest BCUT2D eigenvalue weighted by Gasteiger charge is -2.22. The Hall–Kier alpha value is -2.53. The van der Waals surface area contributed by atoms with Crippen LogP contribution in [0.5, 0.6) is 5.75 Å². The molecule has 6 heteroatoms. The van der Waals surface area contributed by atoms with Gasteiger partial charge in [-0.05, 0) is 36.8 Å². The Labute approximate surface area is 164 Å². The summed E-state index contributed by atoms with van der Waals surface area (Å²) in [6.45, 7) is 3.27. The van der Waals surface area contributed by atoms with Gasteiger partial charge in [-0.1, -0.05) is 35.9 Å². The smallest absolute Gasteiger partial charge is 0.228 e. The molecule has 1 fully saturated rings. The molecule has 1 heterocycles. The van der Waals surface area contributed by atoms with Gasteiger partial charge in [0, 0.05) is 31.6 Å². The molecule has 1 aliphatic heterocycles. The average molecular weight is 387 g/mol. The van der Waals surface area contributed by atoms with E-state index in [1.807, 2.05) is 43.3 Å². The molecule has 2 amide bonds. The number of rotatable bonds is 6. The normalized spacial score (nSPS) is 16.5. The first-order valence-electron chi connectivity index (χ1n) is 9.01. The molecular formula is C21H23ClN2O3. The molecule has 0 aliphatic carbocycles. The van der Waals surface area contributed by atoms with Crippen LogP contribution < -0.4 is 9.64 Å². The number of amides is 2. The predicted molar refractivity (Wildman–Crippen MR) is 106 cm³/mol. The van der Waals surface area contributed by atoms with E-state index in [4.69, 9.17) is 16.3 Å². The highest BCUT2D eigenvalue weighted by Gasteiger charge is 2.37. The quantitative estimate of drug-likeness (QED) is 0.759. The van der Waals surface area contributed by atoms with Gasteiger partial charge in [0.15, 0.2) is 0 Å². The second-order valence-electron chi connectivity index (χ2n) is 6.63. The van der Waals surface area contributed by atoms with E-state index in [9.17, 15) is 9.59 Å². The van der Waals surface area contributed by atoms with Gasteiger partial charge in [-0.25, -0.2) is 0 Å². The van der Waals surface area contributed by atoms with E-state index in [-0.39, 0.29) is 24.2 Å². The molecule has 3 rings (SSSR count). The number of hydrogen-bond acceptors (Lipinski definition) is 3. The fourth-order valence-electron chi connectivity index (χ4n) is 3.32. The number of nitrogens with zero attached hydrogens (tertiary/aromatic N) is 2. The van der Waals surface area contributed by atoms with Crippen LogP contribution in [0.3, 0.4) is 0 Å². The molecule has 1 unspecified atom stereocenters. The van der Waals surface area contributed by atoms with Gasteiger partial charge in [-0.3, -0.25) is 9.59 Å². The summed E-state index contributed by atoms with van der Waals surface area (Å²) in [4.78, 5) is 28.7. The van der Waals surface area contributed by atoms with Crippen LogP contribution in [0.15, 0.2) is 48.5 Å². The van der Waals surface area contributed by atoms with Crippen LogP contribution in [0.4, 0.5) is 5.69 Å². The summed E-state index contributed by atoms with van der Waals surface area (Å²) in [5, 5.41) is 0.665. The molecule has 1 aliphatic rings. The zero-order valence-corrected chi connectivity index (χ0v) is 16.3. The third-order valence-electron chi connectivity index (χ3n) is 4.64. The van der Waals surface area contributed by atoms with E-state index >= 15 is 0 Å². The minimum atomic E-state index is -0.357. The highest BCUT2D eigenvalue weighted by atomic mass is 35.5. The summed E-state index contributed by atoms with van der Waals surface area (Å²) >= 11 is 5.91. The van der Waals surface area contributed by atoms with Crippen LogP contribution in [-0.4, -0.2) is 36.9 Å². The van der Waals surface area contributed by atoms with Gasteiger partial charge in [-0.15, -0.1) is 0 Å². The van der Waals surface area contributed by atoms with Crippen LogP contribution in [0, 0.1) is 5.92 Å². The van der Waals surface area contributed by atoms with Crippen molar-refractivity contribution in [3.05, 3.63) is 59.1 Å². The number of carbonyl (C=O) groups excluding carboxylic acids is 2.